The summed E-state index contributed by atoms with van der Waals surface area (Å²) in [5.41, 5.74) is 1.26. The van der Waals surface area contributed by atoms with Crippen molar-refractivity contribution < 1.29 is 82.1 Å². The van der Waals surface area contributed by atoms with Crippen molar-refractivity contribution in [3.8, 4) is 23.0 Å². The smallest absolute Gasteiger partial charge is 0.357 e. The second kappa shape index (κ2) is 23.9. The summed E-state index contributed by atoms with van der Waals surface area (Å²) in [5.74, 6) is 0.522. The van der Waals surface area contributed by atoms with Gasteiger partial charge in [-0.3, -0.25) is 0 Å². The first kappa shape index (κ1) is 50.6. The van der Waals surface area contributed by atoms with Gasteiger partial charge in [0.1, 0.15) is 51.0 Å². The molecule has 0 unspecified atom stereocenters. The fraction of sp³-hybridized carbons (Fsp3) is 0.441. The summed E-state index contributed by atoms with van der Waals surface area (Å²) in [7, 11) is -10.7. The van der Waals surface area contributed by atoms with Gasteiger partial charge in [-0.15, -0.1) is 0 Å². The number of carbonyl (C=O) groups excluding carboxylic acids is 2. The van der Waals surface area contributed by atoms with Gasteiger partial charge in [0.15, 0.2) is 27.3 Å². The van der Waals surface area contributed by atoms with Crippen molar-refractivity contribution in [3.63, 3.8) is 0 Å². The standard InChI is InChI=1S/C33H37NO12.CHCl3.F6P.H3N/c35-32-26-2-1-3-27(34-26)33(36)46-23-25-5-7-29-31(21-25)44-19-15-40-11-9-37-12-16-41-28-6-4-24(22-45-32)20-30(28)43-18-14-39-10-8-38-13-17-42-29;2-1(3)4;1-7(2,3,4,5)6;/h1-7,20-21H,8-19,22-23H2;1H;;1H3/q;;-1;/p+1. The molecule has 3 aromatic rings. The van der Waals surface area contributed by atoms with Crippen molar-refractivity contribution in [2.24, 2.45) is 0 Å². The van der Waals surface area contributed by atoms with Crippen LogP contribution in [-0.4, -0.2) is 101 Å². The fourth-order valence-electron chi connectivity index (χ4n) is 4.34. The zero-order valence-electron chi connectivity index (χ0n) is 30.9. The van der Waals surface area contributed by atoms with E-state index in [1.54, 1.807) is 36.4 Å². The Kier molecular flexibility index (Phi) is 20.8. The van der Waals surface area contributed by atoms with Crippen molar-refractivity contribution in [1.29, 1.82) is 0 Å². The molecule has 1 aromatic heterocycles. The van der Waals surface area contributed by atoms with Crippen molar-refractivity contribution >= 4 is 54.5 Å². The number of hydrogen-bond acceptors (Lipinski definition) is 13. The minimum absolute atomic E-state index is 0. The van der Waals surface area contributed by atoms with Gasteiger partial charge in [-0.2, -0.15) is 0 Å². The molecule has 14 nitrogen and oxygen atoms in total. The van der Waals surface area contributed by atoms with Gasteiger partial charge >= 0.3 is 44.9 Å². The van der Waals surface area contributed by atoms with E-state index < -0.39 is 24.0 Å². The molecule has 0 fully saturated rings. The van der Waals surface area contributed by atoms with Gasteiger partial charge in [-0.25, -0.2) is 14.6 Å². The normalized spacial score (nSPS) is 17.7. The van der Waals surface area contributed by atoms with Crippen LogP contribution >= 0.6 is 42.6 Å². The van der Waals surface area contributed by atoms with Crippen molar-refractivity contribution in [2.45, 2.75) is 17.5 Å². The molecule has 4 N–H and O–H groups in total. The third kappa shape index (κ3) is 23.7. The molecule has 8 rings (SSSR count). The van der Waals surface area contributed by atoms with Crippen LogP contribution in [0.15, 0.2) is 54.6 Å². The maximum absolute atomic E-state index is 12.8. The van der Waals surface area contributed by atoms with Crippen LogP contribution in [0.2, 0.25) is 0 Å². The predicted molar refractivity (Wildman–Crippen MR) is 202 cm³/mol. The van der Waals surface area contributed by atoms with Crippen LogP contribution in [0, 0.1) is 0 Å². The van der Waals surface area contributed by atoms with E-state index in [0.29, 0.717) is 87.0 Å². The predicted octanol–water partition coefficient (Wildman–Crippen LogP) is 9.15. The van der Waals surface area contributed by atoms with Crippen molar-refractivity contribution in [1.82, 2.24) is 11.1 Å². The summed E-state index contributed by atoms with van der Waals surface area (Å²) in [6, 6.07) is 14.9. The monoisotopic (exact) mass is 920 g/mol. The van der Waals surface area contributed by atoms with Gasteiger partial charge in [0, 0.05) is 0 Å². The maximum Gasteiger partial charge on any atom is 0.357 e. The Labute approximate surface area is 343 Å². The number of aromatic nitrogens is 1. The maximum atomic E-state index is 12.8. The van der Waals surface area contributed by atoms with E-state index in [9.17, 15) is 34.8 Å². The summed E-state index contributed by atoms with van der Waals surface area (Å²) >= 11 is 14.4. The van der Waals surface area contributed by atoms with E-state index in [1.807, 2.05) is 0 Å². The Balaban J connectivity index is 0.000000854. The van der Waals surface area contributed by atoms with Gasteiger partial charge in [-0.1, -0.05) is 53.0 Å². The van der Waals surface area contributed by atoms with Crippen LogP contribution in [0.5, 0.6) is 23.0 Å². The zero-order chi connectivity index (χ0) is 41.8. The molecule has 0 saturated heterocycles. The molecule has 0 spiro atoms. The molecule has 0 aliphatic carbocycles. The van der Waals surface area contributed by atoms with E-state index >= 15 is 0 Å². The van der Waals surface area contributed by atoms with Crippen LogP contribution in [0.4, 0.5) is 25.2 Å². The summed E-state index contributed by atoms with van der Waals surface area (Å²) in [6.45, 7) is 3.76. The van der Waals surface area contributed by atoms with E-state index in [2.05, 4.69) is 4.98 Å². The van der Waals surface area contributed by atoms with Gasteiger partial charge < -0.3 is 53.5 Å². The topological polar surface area (TPSA) is 176 Å². The quantitative estimate of drug-likeness (QED) is 0.0979. The average molecular weight is 922 g/mol. The molecule has 0 saturated carbocycles. The zero-order valence-corrected chi connectivity index (χ0v) is 34.0. The number of hydrogen-bond donors (Lipinski definition) is 1. The summed E-state index contributed by atoms with van der Waals surface area (Å²) < 4.78 is 116. The molecule has 0 radical (unpaired) electrons. The van der Waals surface area contributed by atoms with E-state index in [-0.39, 0.29) is 57.2 Å². The van der Waals surface area contributed by atoms with Crippen LogP contribution in [0.25, 0.3) is 0 Å². The molecule has 24 heteroatoms. The number of alkyl halides is 3. The third-order valence-corrected chi connectivity index (χ3v) is 6.61. The molecule has 6 heterocycles. The van der Waals surface area contributed by atoms with E-state index in [0.717, 1.165) is 0 Å². The number of nitrogens with zero attached hydrogens (tertiary/aromatic N) is 1. The molecule has 0 amide bonds. The molecule has 328 valence electrons. The first-order valence-electron chi connectivity index (χ1n) is 16.7. The SMILES string of the molecule is ClC(Cl)Cl.F[P-](F)(F)(F)(F)F.O=C1OCc2ccc3c(c2)OCCOCCOCCOc2ccc(cc2OCCOCCOCCO3)COC(=O)c2cccc1n2.[NH4+]. The number of esters is 2. The Morgan fingerprint density at radius 3 is 1.10 bits per heavy atom. The van der Waals surface area contributed by atoms with Crippen LogP contribution in [0.3, 0.4) is 0 Å². The van der Waals surface area contributed by atoms with Crippen LogP contribution < -0.4 is 25.1 Å². The molecule has 0 atom stereocenters. The fourth-order valence-corrected chi connectivity index (χ4v) is 4.34. The first-order chi connectivity index (χ1) is 26.8. The Bertz CT molecular complexity index is 1620. The first-order valence-corrected chi connectivity index (χ1v) is 20.1. The van der Waals surface area contributed by atoms with E-state index in [1.165, 1.54) is 18.2 Å². The number of ether oxygens (including phenoxy) is 10. The van der Waals surface area contributed by atoms with Gasteiger partial charge in [0.25, 0.3) is 0 Å². The number of fused-ring (bicyclic) bond motifs is 2. The molecule has 5 aliphatic rings. The molecular formula is C34H42Cl3F6N2O12P. The third-order valence-electron chi connectivity index (χ3n) is 6.61. The number of carbonyl (C=O) groups is 2. The second-order valence-electron chi connectivity index (χ2n) is 11.2. The van der Waals surface area contributed by atoms with Gasteiger partial charge in [0.05, 0.1) is 52.9 Å². The van der Waals surface area contributed by atoms with E-state index in [4.69, 9.17) is 82.2 Å². The molecule has 58 heavy (non-hydrogen) atoms. The number of benzene rings is 2. The van der Waals surface area contributed by atoms with Gasteiger partial charge in [0.2, 0.25) is 0 Å². The molecule has 5 aliphatic heterocycles. The van der Waals surface area contributed by atoms with Crippen LogP contribution in [0.1, 0.15) is 32.1 Å². The molecule has 2 aromatic carbocycles. The largest absolute Gasteiger partial charge is 0.487 e. The number of rotatable bonds is 0. The minimum atomic E-state index is -10.7. The summed E-state index contributed by atoms with van der Waals surface area (Å²) in [4.78, 5) is 29.9. The van der Waals surface area contributed by atoms with Crippen molar-refractivity contribution in [3.05, 3.63) is 77.1 Å². The van der Waals surface area contributed by atoms with Gasteiger partial charge in [-0.05, 0) is 47.5 Å². The Morgan fingerprint density at radius 1 is 0.483 bits per heavy atom. The number of halogens is 9. The minimum Gasteiger partial charge on any atom is -0.487 e. The second-order valence-corrected chi connectivity index (χ2v) is 15.1. The Morgan fingerprint density at radius 2 is 0.776 bits per heavy atom. The molecule has 8 bridgehead atoms. The average Bonchev–Trinajstić information content (AvgIpc) is 3.13. The summed E-state index contributed by atoms with van der Waals surface area (Å²) in [5, 5.41) is 0. The van der Waals surface area contributed by atoms with Crippen LogP contribution in [-0.2, 0) is 41.6 Å². The Hall–Kier alpha value is -3.59. The number of pyridine rings is 1. The number of quaternary nitrogens is 1. The van der Waals surface area contributed by atoms with Crippen molar-refractivity contribution in [2.75, 3.05) is 79.3 Å². The molecular weight excluding hydrogens is 880 g/mol. The summed E-state index contributed by atoms with van der Waals surface area (Å²) in [6.07, 6.45) is 0.